The molecule has 2 fully saturated rings. The van der Waals surface area contributed by atoms with Crippen LogP contribution in [0, 0.1) is 0 Å². The predicted molar refractivity (Wildman–Crippen MR) is 179 cm³/mol. The summed E-state index contributed by atoms with van der Waals surface area (Å²) in [6, 6.07) is 24.0. The minimum absolute atomic E-state index is 0.123. The maximum atomic E-state index is 12.2. The monoisotopic (exact) mass is 678 g/mol. The van der Waals surface area contributed by atoms with Crippen LogP contribution in [0.25, 0.3) is 0 Å². The normalized spacial score (nSPS) is 20.6. The van der Waals surface area contributed by atoms with E-state index in [1.54, 1.807) is 24.3 Å². The summed E-state index contributed by atoms with van der Waals surface area (Å²) in [7, 11) is 0. The number of aromatic hydroxyl groups is 1. The molecule has 3 aromatic carbocycles. The van der Waals surface area contributed by atoms with Gasteiger partial charge < -0.3 is 48.9 Å². The molecule has 0 bridgehead atoms. The van der Waals surface area contributed by atoms with Crippen LogP contribution in [0.5, 0.6) is 23.0 Å². The lowest BCUT2D eigenvalue weighted by atomic mass is 10.2. The van der Waals surface area contributed by atoms with E-state index in [2.05, 4.69) is 10.6 Å². The number of ether oxygens (including phenoxy) is 7. The van der Waals surface area contributed by atoms with Crippen molar-refractivity contribution in [3.63, 3.8) is 0 Å². The summed E-state index contributed by atoms with van der Waals surface area (Å²) in [6.07, 6.45) is 1.76. The molecule has 0 aliphatic carbocycles. The van der Waals surface area contributed by atoms with Crippen LogP contribution in [0.15, 0.2) is 78.9 Å². The van der Waals surface area contributed by atoms with Crippen molar-refractivity contribution in [2.75, 3.05) is 39.5 Å². The highest BCUT2D eigenvalue weighted by Gasteiger charge is 2.24. The van der Waals surface area contributed by atoms with Gasteiger partial charge in [-0.05, 0) is 66.9 Å². The third-order valence-corrected chi connectivity index (χ3v) is 7.84. The van der Waals surface area contributed by atoms with E-state index < -0.39 is 0 Å². The smallest absolute Gasteiger partial charge is 0.220 e. The Morgan fingerprint density at radius 2 is 1.08 bits per heavy atom. The lowest BCUT2D eigenvalue weighted by Gasteiger charge is -2.29. The number of hydrogen-bond donors (Lipinski definition) is 3. The molecule has 3 aromatic rings. The third-order valence-electron chi connectivity index (χ3n) is 7.84. The van der Waals surface area contributed by atoms with Crippen molar-refractivity contribution in [2.45, 2.75) is 69.9 Å². The van der Waals surface area contributed by atoms with Gasteiger partial charge in [0.25, 0.3) is 0 Å². The number of nitrogens with one attached hydrogen (secondary N) is 2. The molecule has 12 nitrogen and oxygen atoms in total. The first-order chi connectivity index (χ1) is 24.0. The zero-order valence-corrected chi connectivity index (χ0v) is 27.6. The van der Waals surface area contributed by atoms with E-state index in [-0.39, 0.29) is 55.2 Å². The van der Waals surface area contributed by atoms with E-state index >= 15 is 0 Å². The fraction of sp³-hybridized carbons (Fsp3) is 0.459. The number of phenols is 1. The van der Waals surface area contributed by atoms with E-state index in [1.165, 1.54) is 0 Å². The molecule has 264 valence electrons. The Bertz CT molecular complexity index is 1390. The lowest BCUT2D eigenvalue weighted by Crippen LogP contribution is -2.39. The van der Waals surface area contributed by atoms with E-state index in [4.69, 9.17) is 33.2 Å². The third kappa shape index (κ3) is 13.2. The molecule has 12 heteroatoms. The summed E-state index contributed by atoms with van der Waals surface area (Å²) in [5.74, 6) is 1.97. The molecule has 0 aromatic heterocycles. The fourth-order valence-corrected chi connectivity index (χ4v) is 5.18. The summed E-state index contributed by atoms with van der Waals surface area (Å²) >= 11 is 0. The number of phenolic OH excluding ortho intramolecular Hbond substituents is 1. The van der Waals surface area contributed by atoms with Crippen LogP contribution in [0.1, 0.15) is 44.1 Å². The SMILES string of the molecule is O=C(CCC(=O)NCCCC1OCC(Oc2ccc(OCc3ccccc3)cc2)CO1)NCCCC1OCC(Oc2ccc(O)cc2)CO1. The zero-order chi connectivity index (χ0) is 34.1. The molecular formula is C37H46N2O10. The van der Waals surface area contributed by atoms with E-state index in [0.29, 0.717) is 77.6 Å². The predicted octanol–water partition coefficient (Wildman–Crippen LogP) is 4.49. The number of carbonyl (C=O) groups is 2. The molecule has 2 heterocycles. The molecular weight excluding hydrogens is 632 g/mol. The summed E-state index contributed by atoms with van der Waals surface area (Å²) in [4.78, 5) is 24.4. The van der Waals surface area contributed by atoms with Gasteiger partial charge in [0.1, 0.15) is 41.8 Å². The molecule has 0 unspecified atom stereocenters. The molecule has 0 saturated carbocycles. The number of carbonyl (C=O) groups excluding carboxylic acids is 2. The Kier molecular flexibility index (Phi) is 14.4. The highest BCUT2D eigenvalue weighted by Crippen LogP contribution is 2.22. The van der Waals surface area contributed by atoms with Gasteiger partial charge in [0, 0.05) is 38.8 Å². The van der Waals surface area contributed by atoms with Crippen LogP contribution < -0.4 is 24.8 Å². The van der Waals surface area contributed by atoms with Gasteiger partial charge in [-0.15, -0.1) is 0 Å². The highest BCUT2D eigenvalue weighted by atomic mass is 16.7. The maximum Gasteiger partial charge on any atom is 0.220 e. The molecule has 2 aliphatic rings. The summed E-state index contributed by atoms with van der Waals surface area (Å²) < 4.78 is 40.7. The van der Waals surface area contributed by atoms with Crippen molar-refractivity contribution in [2.24, 2.45) is 0 Å². The van der Waals surface area contributed by atoms with Crippen molar-refractivity contribution in [3.8, 4) is 23.0 Å². The Hall–Kier alpha value is -4.36. The van der Waals surface area contributed by atoms with E-state index in [1.807, 2.05) is 54.6 Å². The molecule has 49 heavy (non-hydrogen) atoms. The molecule has 2 amide bonds. The Balaban J connectivity index is 0.828. The molecule has 0 atom stereocenters. The standard InChI is InChI=1S/C37H46N2O10/c40-28-10-12-30(13-11-28)48-32-23-44-36(45-24-32)8-4-20-38-34(41)18-19-35(42)39-21-5-9-37-46-25-33(26-47-37)49-31-16-14-29(15-17-31)43-22-27-6-2-1-3-7-27/h1-3,6-7,10-17,32-33,36-37,40H,4-5,8-9,18-26H2,(H,38,41)(H,39,42). The topological polar surface area (TPSA) is 143 Å². The average molecular weight is 679 g/mol. The number of rotatable bonds is 18. The number of amides is 2. The second-order valence-corrected chi connectivity index (χ2v) is 11.9. The molecule has 0 radical (unpaired) electrons. The Morgan fingerprint density at radius 3 is 1.57 bits per heavy atom. The van der Waals surface area contributed by atoms with Crippen LogP contribution in [-0.2, 0) is 35.1 Å². The van der Waals surface area contributed by atoms with Gasteiger partial charge in [0.2, 0.25) is 11.8 Å². The van der Waals surface area contributed by atoms with Crippen LogP contribution in [0.3, 0.4) is 0 Å². The average Bonchev–Trinajstić information content (AvgIpc) is 3.13. The van der Waals surface area contributed by atoms with Crippen molar-refractivity contribution in [1.29, 1.82) is 0 Å². The fourth-order valence-electron chi connectivity index (χ4n) is 5.18. The molecule has 0 spiro atoms. The molecule has 3 N–H and O–H groups in total. The van der Waals surface area contributed by atoms with Crippen molar-refractivity contribution < 1.29 is 47.9 Å². The molecule has 2 saturated heterocycles. The van der Waals surface area contributed by atoms with Crippen molar-refractivity contribution in [1.82, 2.24) is 10.6 Å². The minimum Gasteiger partial charge on any atom is -0.508 e. The van der Waals surface area contributed by atoms with Crippen LogP contribution in [0.4, 0.5) is 0 Å². The molecule has 2 aliphatic heterocycles. The minimum atomic E-state index is -0.351. The van der Waals surface area contributed by atoms with Gasteiger partial charge in [-0.3, -0.25) is 9.59 Å². The maximum absolute atomic E-state index is 12.2. The van der Waals surface area contributed by atoms with Gasteiger partial charge in [0.15, 0.2) is 12.6 Å². The zero-order valence-electron chi connectivity index (χ0n) is 27.6. The first-order valence-electron chi connectivity index (χ1n) is 16.9. The lowest BCUT2D eigenvalue weighted by molar-refractivity contribution is -0.213. The second-order valence-electron chi connectivity index (χ2n) is 11.9. The summed E-state index contributed by atoms with van der Waals surface area (Å²) in [5, 5.41) is 15.1. The van der Waals surface area contributed by atoms with E-state index in [9.17, 15) is 14.7 Å². The summed E-state index contributed by atoms with van der Waals surface area (Å²) in [5.41, 5.74) is 1.11. The first kappa shape index (κ1) is 35.9. The second kappa shape index (κ2) is 19.6. The Morgan fingerprint density at radius 1 is 0.633 bits per heavy atom. The summed E-state index contributed by atoms with van der Waals surface area (Å²) in [6.45, 7) is 3.07. The Labute approximate surface area is 286 Å². The van der Waals surface area contributed by atoms with E-state index in [0.717, 1.165) is 17.1 Å². The van der Waals surface area contributed by atoms with Gasteiger partial charge in [-0.1, -0.05) is 30.3 Å². The van der Waals surface area contributed by atoms with Crippen LogP contribution >= 0.6 is 0 Å². The van der Waals surface area contributed by atoms with Gasteiger partial charge in [0.05, 0.1) is 26.4 Å². The first-order valence-corrected chi connectivity index (χ1v) is 16.9. The van der Waals surface area contributed by atoms with Gasteiger partial charge in [-0.25, -0.2) is 0 Å². The molecule has 5 rings (SSSR count). The van der Waals surface area contributed by atoms with Gasteiger partial charge in [-0.2, -0.15) is 0 Å². The number of hydrogen-bond acceptors (Lipinski definition) is 10. The van der Waals surface area contributed by atoms with Crippen LogP contribution in [0.2, 0.25) is 0 Å². The quantitative estimate of drug-likeness (QED) is 0.165. The van der Waals surface area contributed by atoms with Crippen LogP contribution in [-0.4, -0.2) is 81.2 Å². The van der Waals surface area contributed by atoms with Crippen molar-refractivity contribution in [3.05, 3.63) is 84.4 Å². The number of benzene rings is 3. The van der Waals surface area contributed by atoms with Crippen molar-refractivity contribution >= 4 is 11.8 Å². The highest BCUT2D eigenvalue weighted by molar-refractivity contribution is 5.83. The largest absolute Gasteiger partial charge is 0.508 e. The van der Waals surface area contributed by atoms with Gasteiger partial charge >= 0.3 is 0 Å².